The average Bonchev–Trinajstić information content (AvgIpc) is 3.13. The number of benzene rings is 1. The van der Waals surface area contributed by atoms with E-state index in [1.807, 2.05) is 0 Å². The number of fused-ring (bicyclic) bond motifs is 2. The van der Waals surface area contributed by atoms with E-state index in [1.54, 1.807) is 25.4 Å². The fourth-order valence-corrected chi connectivity index (χ4v) is 2.56. The Morgan fingerprint density at radius 2 is 2.14 bits per heavy atom. The molecular weight excluding hydrogens is 367 g/mol. The molecule has 4 rings (SSSR count). The number of nitrogens with one attached hydrogen (secondary N) is 3. The van der Waals surface area contributed by atoms with Crippen molar-refractivity contribution in [3.05, 3.63) is 53.6 Å². The summed E-state index contributed by atoms with van der Waals surface area (Å²) >= 11 is 0. The van der Waals surface area contributed by atoms with Crippen molar-refractivity contribution in [1.29, 1.82) is 0 Å². The molecule has 1 aliphatic heterocycles. The van der Waals surface area contributed by atoms with Crippen LogP contribution in [0.3, 0.4) is 0 Å². The van der Waals surface area contributed by atoms with Crippen LogP contribution in [-0.4, -0.2) is 47.1 Å². The number of hydrogen-bond acceptors (Lipinski definition) is 6. The first-order chi connectivity index (χ1) is 13.6. The van der Waals surface area contributed by atoms with Gasteiger partial charge in [-0.3, -0.25) is 9.59 Å². The second kappa shape index (κ2) is 8.80. The third-order valence-corrected chi connectivity index (χ3v) is 3.86. The molecule has 146 valence electrons. The molecule has 0 radical (unpaired) electrons. The molecule has 2 bridgehead atoms. The molecule has 0 unspecified atom stereocenters. The monoisotopic (exact) mass is 386 g/mol. The second-order valence-electron chi connectivity index (χ2n) is 5.76. The molecule has 3 aromatic rings. The number of carbonyl (C=O) groups excluding carboxylic acids is 2. The number of nitrogens with zero attached hydrogens (tertiary/aromatic N) is 3. The van der Waals surface area contributed by atoms with E-state index < -0.39 is 0 Å². The van der Waals surface area contributed by atoms with E-state index in [4.69, 9.17) is 9.53 Å². The van der Waals surface area contributed by atoms with Gasteiger partial charge >= 0.3 is 0 Å². The summed E-state index contributed by atoms with van der Waals surface area (Å²) in [6.45, 7) is 0.945. The molecule has 0 aliphatic carbocycles. The van der Waals surface area contributed by atoms with Gasteiger partial charge in [-0.2, -0.15) is 5.10 Å². The summed E-state index contributed by atoms with van der Waals surface area (Å²) in [5.74, 6) is 0.531. The van der Waals surface area contributed by atoms with E-state index in [-0.39, 0.29) is 18.3 Å². The van der Waals surface area contributed by atoms with Crippen LogP contribution >= 0.6 is 0 Å². The Kier molecular flexibility index (Phi) is 6.00. The molecule has 10 heteroatoms. The van der Waals surface area contributed by atoms with E-state index in [0.29, 0.717) is 47.8 Å². The van der Waals surface area contributed by atoms with Gasteiger partial charge in [0.1, 0.15) is 29.6 Å². The van der Waals surface area contributed by atoms with Crippen LogP contribution in [0.1, 0.15) is 15.9 Å². The molecule has 28 heavy (non-hydrogen) atoms. The largest absolute Gasteiger partial charge is 0.491 e. The standard InChI is InChI=1S/C16H14FN5O2.C2H5NO/c17-11-1-2-13-10(7-11)8-19-14-3-5-22-15(21-14)12(9-20-22)16(23)18-4-6-24-13;1-3-2-4/h1-3,5,7,9H,4,6,8H2,(H,18,23)(H,19,21);2H,1H3,(H,3,4). The molecule has 0 atom stereocenters. The fourth-order valence-electron chi connectivity index (χ4n) is 2.56. The van der Waals surface area contributed by atoms with Crippen molar-refractivity contribution in [2.24, 2.45) is 0 Å². The van der Waals surface area contributed by atoms with Gasteiger partial charge in [-0.25, -0.2) is 13.9 Å². The van der Waals surface area contributed by atoms with Gasteiger partial charge in [0.15, 0.2) is 5.65 Å². The zero-order valence-corrected chi connectivity index (χ0v) is 15.1. The Labute approximate surface area is 159 Å². The summed E-state index contributed by atoms with van der Waals surface area (Å²) in [6.07, 6.45) is 3.82. The maximum atomic E-state index is 13.5. The zero-order chi connectivity index (χ0) is 19.9. The summed E-state index contributed by atoms with van der Waals surface area (Å²) in [6, 6.07) is 6.08. The highest BCUT2D eigenvalue weighted by Crippen LogP contribution is 2.21. The van der Waals surface area contributed by atoms with E-state index in [9.17, 15) is 9.18 Å². The summed E-state index contributed by atoms with van der Waals surface area (Å²) in [5.41, 5.74) is 1.52. The highest BCUT2D eigenvalue weighted by molar-refractivity contribution is 5.99. The highest BCUT2D eigenvalue weighted by Gasteiger charge is 2.15. The molecule has 1 aromatic carbocycles. The minimum absolute atomic E-state index is 0.267. The predicted molar refractivity (Wildman–Crippen MR) is 99.7 cm³/mol. The number of rotatable bonds is 1. The van der Waals surface area contributed by atoms with Crippen molar-refractivity contribution in [2.75, 3.05) is 25.5 Å². The lowest BCUT2D eigenvalue weighted by molar-refractivity contribution is -0.109. The van der Waals surface area contributed by atoms with Crippen molar-refractivity contribution < 1.29 is 18.7 Å². The molecule has 0 saturated carbocycles. The zero-order valence-electron chi connectivity index (χ0n) is 15.1. The van der Waals surface area contributed by atoms with Gasteiger partial charge in [0.05, 0.1) is 12.7 Å². The lowest BCUT2D eigenvalue weighted by Gasteiger charge is -2.12. The number of carbonyl (C=O) groups is 2. The third-order valence-electron chi connectivity index (χ3n) is 3.86. The number of ether oxygens (including phenoxy) is 1. The number of aromatic nitrogens is 3. The SMILES string of the molecule is CNC=O.O=C1NCCOc2ccc(F)cc2CNc2ccn3ncc1c3n2. The smallest absolute Gasteiger partial charge is 0.256 e. The Morgan fingerprint density at radius 1 is 1.32 bits per heavy atom. The topological polar surface area (TPSA) is 110 Å². The Bertz CT molecular complexity index is 991. The molecule has 2 amide bonds. The molecule has 0 fully saturated rings. The maximum Gasteiger partial charge on any atom is 0.256 e. The first-order valence-electron chi connectivity index (χ1n) is 8.51. The predicted octanol–water partition coefficient (Wildman–Crippen LogP) is 0.965. The van der Waals surface area contributed by atoms with Gasteiger partial charge in [0.2, 0.25) is 6.41 Å². The minimum Gasteiger partial charge on any atom is -0.491 e. The van der Waals surface area contributed by atoms with E-state index in [1.165, 1.54) is 22.8 Å². The van der Waals surface area contributed by atoms with Gasteiger partial charge in [0, 0.05) is 25.4 Å². The summed E-state index contributed by atoms with van der Waals surface area (Å²) in [5, 5.41) is 12.3. The van der Waals surface area contributed by atoms with E-state index >= 15 is 0 Å². The lowest BCUT2D eigenvalue weighted by Crippen LogP contribution is -2.28. The average molecular weight is 386 g/mol. The van der Waals surface area contributed by atoms with Crippen LogP contribution in [0, 0.1) is 5.82 Å². The number of amides is 2. The van der Waals surface area contributed by atoms with Crippen LogP contribution in [0.25, 0.3) is 5.65 Å². The number of halogens is 1. The van der Waals surface area contributed by atoms with Gasteiger partial charge in [-0.1, -0.05) is 0 Å². The molecule has 2 aromatic heterocycles. The van der Waals surface area contributed by atoms with Crippen molar-refractivity contribution >= 4 is 23.8 Å². The van der Waals surface area contributed by atoms with Crippen molar-refractivity contribution in [3.8, 4) is 5.75 Å². The summed E-state index contributed by atoms with van der Waals surface area (Å²) in [4.78, 5) is 25.7. The lowest BCUT2D eigenvalue weighted by atomic mass is 10.2. The Hall–Kier alpha value is -3.69. The van der Waals surface area contributed by atoms with E-state index in [2.05, 4.69) is 26.0 Å². The number of anilines is 1. The second-order valence-corrected chi connectivity index (χ2v) is 5.76. The molecule has 1 aliphatic rings. The van der Waals surface area contributed by atoms with Gasteiger partial charge in [-0.15, -0.1) is 0 Å². The van der Waals surface area contributed by atoms with Crippen LogP contribution < -0.4 is 20.7 Å². The van der Waals surface area contributed by atoms with Crippen LogP contribution in [-0.2, 0) is 11.3 Å². The van der Waals surface area contributed by atoms with Gasteiger partial charge < -0.3 is 20.7 Å². The fraction of sp³-hybridized carbons (Fsp3) is 0.222. The summed E-state index contributed by atoms with van der Waals surface area (Å²) in [7, 11) is 1.56. The molecule has 3 heterocycles. The molecule has 9 nitrogen and oxygen atoms in total. The first kappa shape index (κ1) is 19.1. The van der Waals surface area contributed by atoms with Crippen molar-refractivity contribution in [1.82, 2.24) is 25.2 Å². The van der Waals surface area contributed by atoms with E-state index in [0.717, 1.165) is 0 Å². The normalized spacial score (nSPS) is 13.3. The van der Waals surface area contributed by atoms with Gasteiger partial charge in [0.25, 0.3) is 5.91 Å². The molecule has 0 saturated heterocycles. The minimum atomic E-state index is -0.335. The third kappa shape index (κ3) is 4.34. The summed E-state index contributed by atoms with van der Waals surface area (Å²) < 4.78 is 20.7. The van der Waals surface area contributed by atoms with Gasteiger partial charge in [-0.05, 0) is 24.3 Å². The molecule has 3 N–H and O–H groups in total. The Morgan fingerprint density at radius 3 is 2.93 bits per heavy atom. The van der Waals surface area contributed by atoms with Crippen LogP contribution in [0.2, 0.25) is 0 Å². The van der Waals surface area contributed by atoms with Crippen LogP contribution in [0.15, 0.2) is 36.7 Å². The molecule has 0 spiro atoms. The Balaban J connectivity index is 0.000000516. The van der Waals surface area contributed by atoms with Crippen LogP contribution in [0.5, 0.6) is 5.75 Å². The highest BCUT2D eigenvalue weighted by atomic mass is 19.1. The molecular formula is C18H19FN6O3. The quantitative estimate of drug-likeness (QED) is 0.538. The maximum absolute atomic E-state index is 13.5. The van der Waals surface area contributed by atoms with Crippen LogP contribution in [0.4, 0.5) is 10.2 Å². The first-order valence-corrected chi connectivity index (χ1v) is 8.51. The van der Waals surface area contributed by atoms with Crippen molar-refractivity contribution in [2.45, 2.75) is 6.54 Å². The number of hydrogen-bond donors (Lipinski definition) is 3. The van der Waals surface area contributed by atoms with Crippen molar-refractivity contribution in [3.63, 3.8) is 0 Å².